The molecule has 0 bridgehead atoms. The van der Waals surface area contributed by atoms with E-state index in [1.54, 1.807) is 0 Å². The lowest BCUT2D eigenvalue weighted by Crippen LogP contribution is -1.90. The van der Waals surface area contributed by atoms with Crippen LogP contribution in [0.15, 0.2) is 30.3 Å². The van der Waals surface area contributed by atoms with Crippen LogP contribution >= 0.6 is 0 Å². The van der Waals surface area contributed by atoms with E-state index in [4.69, 9.17) is 5.26 Å². The summed E-state index contributed by atoms with van der Waals surface area (Å²) in [7, 11) is 0. The van der Waals surface area contributed by atoms with Crippen LogP contribution in [0.4, 0.5) is 0 Å². The summed E-state index contributed by atoms with van der Waals surface area (Å²) in [6, 6.07) is 12.6. The predicted molar refractivity (Wildman–Crippen MR) is 76.4 cm³/mol. The van der Waals surface area contributed by atoms with E-state index in [1.807, 2.05) is 13.8 Å². The fourth-order valence-corrected chi connectivity index (χ4v) is 1.78. The van der Waals surface area contributed by atoms with Crippen LogP contribution in [0.2, 0.25) is 0 Å². The molecule has 2 nitrogen and oxygen atoms in total. The first-order valence-corrected chi connectivity index (χ1v) is 6.53. The quantitative estimate of drug-likeness (QED) is 0.745. The van der Waals surface area contributed by atoms with E-state index < -0.39 is 0 Å². The van der Waals surface area contributed by atoms with Gasteiger partial charge in [-0.2, -0.15) is 5.26 Å². The maximum absolute atomic E-state index is 8.48. The van der Waals surface area contributed by atoms with Crippen molar-refractivity contribution in [3.8, 4) is 6.07 Å². The second kappa shape index (κ2) is 7.45. The van der Waals surface area contributed by atoms with E-state index >= 15 is 0 Å². The first kappa shape index (κ1) is 14.2. The molecule has 0 aliphatic rings. The Balaban J connectivity index is 0.000000771. The number of aryl methyl sites for hydroxylation is 2. The lowest BCUT2D eigenvalue weighted by atomic mass is 10.1. The van der Waals surface area contributed by atoms with E-state index in [0.717, 1.165) is 24.1 Å². The highest BCUT2D eigenvalue weighted by Gasteiger charge is 1.98. The topological polar surface area (TPSA) is 36.7 Å². The number of pyridine rings is 1. The molecular weight excluding hydrogens is 220 g/mol. The number of hydrogen-bond donors (Lipinski definition) is 0. The lowest BCUT2D eigenvalue weighted by molar-refractivity contribution is 0.829. The van der Waals surface area contributed by atoms with Crippen molar-refractivity contribution in [2.75, 3.05) is 0 Å². The fraction of sp³-hybridized carbons (Fsp3) is 0.375. The van der Waals surface area contributed by atoms with Crippen LogP contribution in [-0.2, 0) is 6.42 Å². The van der Waals surface area contributed by atoms with Gasteiger partial charge in [-0.25, -0.2) is 0 Å². The van der Waals surface area contributed by atoms with Crippen LogP contribution in [0.3, 0.4) is 0 Å². The molecule has 0 aliphatic carbocycles. The van der Waals surface area contributed by atoms with Crippen molar-refractivity contribution in [2.45, 2.75) is 40.0 Å². The van der Waals surface area contributed by atoms with Gasteiger partial charge in [-0.15, -0.1) is 0 Å². The van der Waals surface area contributed by atoms with E-state index in [9.17, 15) is 0 Å². The molecule has 0 fully saturated rings. The molecule has 1 aromatic carbocycles. The van der Waals surface area contributed by atoms with Gasteiger partial charge in [0, 0.05) is 17.5 Å². The summed E-state index contributed by atoms with van der Waals surface area (Å²) in [5.41, 5.74) is 3.37. The Labute approximate surface area is 109 Å². The number of hydrogen-bond acceptors (Lipinski definition) is 2. The van der Waals surface area contributed by atoms with Gasteiger partial charge in [0.05, 0.1) is 11.6 Å². The zero-order chi connectivity index (χ0) is 13.4. The third kappa shape index (κ3) is 3.85. The molecule has 94 valence electrons. The summed E-state index contributed by atoms with van der Waals surface area (Å²) >= 11 is 0. The van der Waals surface area contributed by atoms with Crippen molar-refractivity contribution >= 4 is 10.9 Å². The number of rotatable bonds is 3. The van der Waals surface area contributed by atoms with Crippen LogP contribution in [0.5, 0.6) is 0 Å². The summed E-state index contributed by atoms with van der Waals surface area (Å²) in [4.78, 5) is 4.58. The Hall–Kier alpha value is -1.88. The molecular formula is C16H20N2. The molecule has 0 amide bonds. The number of nitriles is 1. The van der Waals surface area contributed by atoms with Gasteiger partial charge in [0.1, 0.15) is 0 Å². The maximum atomic E-state index is 8.48. The van der Waals surface area contributed by atoms with Crippen molar-refractivity contribution in [1.82, 2.24) is 4.98 Å². The van der Waals surface area contributed by atoms with Gasteiger partial charge in [0.2, 0.25) is 0 Å². The number of benzene rings is 1. The molecule has 0 N–H and O–H groups in total. The van der Waals surface area contributed by atoms with Crippen molar-refractivity contribution < 1.29 is 0 Å². The Morgan fingerprint density at radius 2 is 1.94 bits per heavy atom. The third-order valence-electron chi connectivity index (χ3n) is 2.62. The van der Waals surface area contributed by atoms with E-state index in [2.05, 4.69) is 48.3 Å². The summed E-state index contributed by atoms with van der Waals surface area (Å²) in [6.07, 6.45) is 2.38. The number of aromatic nitrogens is 1. The van der Waals surface area contributed by atoms with Gasteiger partial charge in [-0.1, -0.05) is 31.5 Å². The molecule has 0 radical (unpaired) electrons. The summed E-state index contributed by atoms with van der Waals surface area (Å²) in [6.45, 7) is 6.08. The predicted octanol–water partition coefficient (Wildman–Crippen LogP) is 4.42. The highest BCUT2D eigenvalue weighted by atomic mass is 14.7. The average Bonchev–Trinajstić information content (AvgIpc) is 2.41. The molecule has 0 saturated carbocycles. The SMILES string of the molecule is CC.Cc1ccc2nc(CCCC#N)ccc2c1. The zero-order valence-electron chi connectivity index (χ0n) is 11.4. The largest absolute Gasteiger partial charge is 0.253 e. The summed E-state index contributed by atoms with van der Waals surface area (Å²) in [5, 5.41) is 9.66. The Morgan fingerprint density at radius 1 is 1.17 bits per heavy atom. The molecule has 1 heterocycles. The molecule has 0 spiro atoms. The van der Waals surface area contributed by atoms with Crippen molar-refractivity contribution in [3.63, 3.8) is 0 Å². The molecule has 0 saturated heterocycles. The molecule has 0 aliphatic heterocycles. The van der Waals surface area contributed by atoms with Gasteiger partial charge < -0.3 is 0 Å². The Kier molecular flexibility index (Phi) is 5.87. The lowest BCUT2D eigenvalue weighted by Gasteiger charge is -2.02. The second-order valence-corrected chi connectivity index (χ2v) is 4.01. The minimum absolute atomic E-state index is 0.605. The number of nitrogens with zero attached hydrogens (tertiary/aromatic N) is 2. The standard InChI is InChI=1S/C14H14N2.C2H6/c1-11-5-8-14-12(10-11)6-7-13(16-14)4-2-3-9-15;1-2/h5-8,10H,2-4H2,1H3;1-2H3. The second-order valence-electron chi connectivity index (χ2n) is 4.01. The normalized spacial score (nSPS) is 9.44. The molecule has 0 unspecified atom stereocenters. The molecule has 18 heavy (non-hydrogen) atoms. The van der Waals surface area contributed by atoms with Crippen LogP contribution in [0.25, 0.3) is 10.9 Å². The molecule has 2 aromatic rings. The van der Waals surface area contributed by atoms with Gasteiger partial charge in [-0.3, -0.25) is 4.98 Å². The third-order valence-corrected chi connectivity index (χ3v) is 2.62. The Morgan fingerprint density at radius 3 is 2.67 bits per heavy atom. The van der Waals surface area contributed by atoms with Crippen molar-refractivity contribution in [3.05, 3.63) is 41.6 Å². The van der Waals surface area contributed by atoms with Gasteiger partial charge >= 0.3 is 0 Å². The van der Waals surface area contributed by atoms with Crippen LogP contribution in [0, 0.1) is 18.3 Å². The number of unbranched alkanes of at least 4 members (excludes halogenated alkanes) is 1. The van der Waals surface area contributed by atoms with Crippen molar-refractivity contribution in [1.29, 1.82) is 5.26 Å². The Bertz CT molecular complexity index is 538. The van der Waals surface area contributed by atoms with E-state index in [-0.39, 0.29) is 0 Å². The smallest absolute Gasteiger partial charge is 0.0705 e. The zero-order valence-corrected chi connectivity index (χ0v) is 11.4. The van der Waals surface area contributed by atoms with Gasteiger partial charge in [0.25, 0.3) is 0 Å². The summed E-state index contributed by atoms with van der Waals surface area (Å²) < 4.78 is 0. The summed E-state index contributed by atoms with van der Waals surface area (Å²) in [5.74, 6) is 0. The first-order valence-electron chi connectivity index (χ1n) is 6.53. The van der Waals surface area contributed by atoms with Crippen LogP contribution in [-0.4, -0.2) is 4.98 Å². The van der Waals surface area contributed by atoms with Crippen LogP contribution in [0.1, 0.15) is 37.9 Å². The van der Waals surface area contributed by atoms with Crippen molar-refractivity contribution in [2.24, 2.45) is 0 Å². The highest BCUT2D eigenvalue weighted by molar-refractivity contribution is 5.79. The minimum Gasteiger partial charge on any atom is -0.253 e. The van der Waals surface area contributed by atoms with E-state index in [0.29, 0.717) is 6.42 Å². The molecule has 1 aromatic heterocycles. The fourth-order valence-electron chi connectivity index (χ4n) is 1.78. The molecule has 2 heteroatoms. The van der Waals surface area contributed by atoms with Gasteiger partial charge in [-0.05, 0) is 38.0 Å². The average molecular weight is 240 g/mol. The first-order chi connectivity index (χ1) is 8.79. The van der Waals surface area contributed by atoms with Gasteiger partial charge in [0.15, 0.2) is 0 Å². The van der Waals surface area contributed by atoms with Crippen LogP contribution < -0.4 is 0 Å². The number of fused-ring (bicyclic) bond motifs is 1. The molecule has 2 rings (SSSR count). The molecule has 0 atom stereocenters. The maximum Gasteiger partial charge on any atom is 0.0705 e. The highest BCUT2D eigenvalue weighted by Crippen LogP contribution is 2.15. The monoisotopic (exact) mass is 240 g/mol. The van der Waals surface area contributed by atoms with E-state index in [1.165, 1.54) is 10.9 Å². The minimum atomic E-state index is 0.605.